The van der Waals surface area contributed by atoms with Gasteiger partial charge < -0.3 is 10.6 Å². The van der Waals surface area contributed by atoms with Crippen LogP contribution >= 0.6 is 11.6 Å². The predicted molar refractivity (Wildman–Crippen MR) is 79.4 cm³/mol. The van der Waals surface area contributed by atoms with Crippen LogP contribution in [0.3, 0.4) is 0 Å². The first-order chi connectivity index (χ1) is 8.67. The third kappa shape index (κ3) is 2.57. The fourth-order valence-electron chi connectivity index (χ4n) is 2.80. The molecule has 1 atom stereocenters. The van der Waals surface area contributed by atoms with Crippen LogP contribution in [0.2, 0.25) is 5.02 Å². The number of nitrogens with zero attached hydrogens (tertiary/aromatic N) is 2. The Morgan fingerprint density at radius 3 is 2.78 bits per heavy atom. The highest BCUT2D eigenvalue weighted by Crippen LogP contribution is 2.32. The Labute approximate surface area is 115 Å². The van der Waals surface area contributed by atoms with E-state index >= 15 is 0 Å². The second kappa shape index (κ2) is 5.81. The van der Waals surface area contributed by atoms with E-state index in [9.17, 15) is 0 Å². The lowest BCUT2D eigenvalue weighted by molar-refractivity contribution is 0.232. The van der Waals surface area contributed by atoms with Crippen molar-refractivity contribution < 1.29 is 0 Å². The quantitative estimate of drug-likeness (QED) is 0.852. The molecule has 1 aliphatic heterocycles. The Kier molecular flexibility index (Phi) is 4.36. The van der Waals surface area contributed by atoms with Crippen molar-refractivity contribution in [3.63, 3.8) is 0 Å². The summed E-state index contributed by atoms with van der Waals surface area (Å²) < 4.78 is 0. The Balaban J connectivity index is 2.11. The molecule has 0 amide bonds. The van der Waals surface area contributed by atoms with Gasteiger partial charge in [-0.05, 0) is 31.6 Å². The Hall–Kier alpha value is -0.930. The molecule has 3 nitrogen and oxygen atoms in total. The van der Waals surface area contributed by atoms with Gasteiger partial charge in [0.25, 0.3) is 0 Å². The fourth-order valence-corrected chi connectivity index (χ4v) is 2.97. The zero-order valence-corrected chi connectivity index (χ0v) is 12.0. The number of hydrogen-bond acceptors (Lipinski definition) is 3. The number of anilines is 2. The van der Waals surface area contributed by atoms with Crippen molar-refractivity contribution in [2.24, 2.45) is 0 Å². The Morgan fingerprint density at radius 2 is 2.11 bits per heavy atom. The first-order valence-corrected chi connectivity index (χ1v) is 7.08. The zero-order valence-electron chi connectivity index (χ0n) is 11.2. The number of nitrogen functional groups attached to an aromatic ring is 1. The van der Waals surface area contributed by atoms with Gasteiger partial charge in [-0.25, -0.2) is 0 Å². The number of hydrogen-bond donors (Lipinski definition) is 1. The van der Waals surface area contributed by atoms with Crippen molar-refractivity contribution in [2.75, 3.05) is 36.8 Å². The molecule has 100 valence electrons. The van der Waals surface area contributed by atoms with Gasteiger partial charge in [-0.3, -0.25) is 4.90 Å². The van der Waals surface area contributed by atoms with Gasteiger partial charge in [-0.2, -0.15) is 0 Å². The topological polar surface area (TPSA) is 32.5 Å². The lowest BCUT2D eigenvalue weighted by Crippen LogP contribution is -2.37. The van der Waals surface area contributed by atoms with Crippen LogP contribution in [0.4, 0.5) is 11.4 Å². The molecule has 1 unspecified atom stereocenters. The third-order valence-corrected chi connectivity index (χ3v) is 4.19. The Morgan fingerprint density at radius 1 is 1.39 bits per heavy atom. The summed E-state index contributed by atoms with van der Waals surface area (Å²) in [6.45, 7) is 8.78. The molecular weight excluding hydrogens is 246 g/mol. The van der Waals surface area contributed by atoms with E-state index in [1.807, 2.05) is 12.1 Å². The maximum Gasteiger partial charge on any atom is 0.0741 e. The molecule has 1 fully saturated rings. The van der Waals surface area contributed by atoms with Gasteiger partial charge in [-0.1, -0.05) is 31.5 Å². The summed E-state index contributed by atoms with van der Waals surface area (Å²) in [5.41, 5.74) is 7.85. The minimum atomic E-state index is 0.637. The number of nitrogens with two attached hydrogens (primary N) is 1. The van der Waals surface area contributed by atoms with Crippen molar-refractivity contribution in [1.29, 1.82) is 0 Å². The first kappa shape index (κ1) is 13.5. The molecule has 1 aromatic carbocycles. The summed E-state index contributed by atoms with van der Waals surface area (Å²) in [6.07, 6.45) is 1.20. The van der Waals surface area contributed by atoms with Gasteiger partial charge in [0.2, 0.25) is 0 Å². The van der Waals surface area contributed by atoms with Crippen molar-refractivity contribution >= 4 is 23.0 Å². The Bertz CT molecular complexity index is 404. The highest BCUT2D eigenvalue weighted by atomic mass is 35.5. The monoisotopic (exact) mass is 267 g/mol. The summed E-state index contributed by atoms with van der Waals surface area (Å²) in [5, 5.41) is 0.652. The van der Waals surface area contributed by atoms with E-state index in [1.54, 1.807) is 0 Å². The van der Waals surface area contributed by atoms with Gasteiger partial charge in [0, 0.05) is 19.1 Å². The predicted octanol–water partition coefficient (Wildman–Crippen LogP) is 2.84. The van der Waals surface area contributed by atoms with E-state index in [0.717, 1.165) is 31.9 Å². The van der Waals surface area contributed by atoms with E-state index in [-0.39, 0.29) is 0 Å². The molecular formula is C14H22ClN3. The molecule has 1 saturated heterocycles. The summed E-state index contributed by atoms with van der Waals surface area (Å²) in [7, 11) is 0. The van der Waals surface area contributed by atoms with Gasteiger partial charge in [0.1, 0.15) is 0 Å². The van der Waals surface area contributed by atoms with E-state index in [2.05, 4.69) is 29.7 Å². The molecule has 1 heterocycles. The number of rotatable bonds is 4. The molecule has 0 aromatic heterocycles. The highest BCUT2D eigenvalue weighted by molar-refractivity contribution is 6.33. The number of para-hydroxylation sites is 1. The maximum absolute atomic E-state index is 6.08. The van der Waals surface area contributed by atoms with Gasteiger partial charge in [0.05, 0.1) is 16.4 Å². The molecule has 2 rings (SSSR count). The summed E-state index contributed by atoms with van der Waals surface area (Å²) in [6, 6.07) is 6.52. The third-order valence-electron chi connectivity index (χ3n) is 3.86. The van der Waals surface area contributed by atoms with E-state index in [1.165, 1.54) is 6.42 Å². The zero-order chi connectivity index (χ0) is 13.1. The normalized spacial score (nSPS) is 19.8. The van der Waals surface area contributed by atoms with Crippen LogP contribution in [0.5, 0.6) is 0 Å². The van der Waals surface area contributed by atoms with Crippen LogP contribution in [-0.2, 0) is 0 Å². The summed E-state index contributed by atoms with van der Waals surface area (Å²) in [5.74, 6) is 0. The average Bonchev–Trinajstić information content (AvgIpc) is 2.84. The SMILES string of the molecule is CCN(CC)C1CCN(c2cccc(Cl)c2N)C1. The van der Waals surface area contributed by atoms with E-state index in [0.29, 0.717) is 16.8 Å². The van der Waals surface area contributed by atoms with Crippen LogP contribution in [-0.4, -0.2) is 37.1 Å². The van der Waals surface area contributed by atoms with Crippen molar-refractivity contribution in [2.45, 2.75) is 26.3 Å². The van der Waals surface area contributed by atoms with Crippen molar-refractivity contribution in [3.8, 4) is 0 Å². The number of halogens is 1. The van der Waals surface area contributed by atoms with Crippen molar-refractivity contribution in [3.05, 3.63) is 23.2 Å². The van der Waals surface area contributed by atoms with Gasteiger partial charge in [-0.15, -0.1) is 0 Å². The first-order valence-electron chi connectivity index (χ1n) is 6.70. The van der Waals surface area contributed by atoms with Crippen LogP contribution < -0.4 is 10.6 Å². The number of likely N-dealkylation sites (N-methyl/N-ethyl adjacent to an activating group) is 1. The van der Waals surface area contributed by atoms with E-state index < -0.39 is 0 Å². The standard InChI is InChI=1S/C14H22ClN3/c1-3-17(4-2)11-8-9-18(10-11)13-7-5-6-12(15)14(13)16/h5-7,11H,3-4,8-10,16H2,1-2H3. The average molecular weight is 268 g/mol. The van der Waals surface area contributed by atoms with Crippen LogP contribution in [0.1, 0.15) is 20.3 Å². The molecule has 0 saturated carbocycles. The maximum atomic E-state index is 6.08. The van der Waals surface area contributed by atoms with Gasteiger partial charge in [0.15, 0.2) is 0 Å². The number of benzene rings is 1. The molecule has 0 spiro atoms. The minimum absolute atomic E-state index is 0.637. The molecule has 0 radical (unpaired) electrons. The second-order valence-electron chi connectivity index (χ2n) is 4.78. The summed E-state index contributed by atoms with van der Waals surface area (Å²) >= 11 is 6.08. The molecule has 1 aliphatic rings. The van der Waals surface area contributed by atoms with Crippen molar-refractivity contribution in [1.82, 2.24) is 4.90 Å². The molecule has 1 aromatic rings. The van der Waals surface area contributed by atoms with Crippen LogP contribution in [0, 0.1) is 0 Å². The molecule has 0 aliphatic carbocycles. The molecule has 0 bridgehead atoms. The lowest BCUT2D eigenvalue weighted by atomic mass is 10.2. The molecule has 4 heteroatoms. The van der Waals surface area contributed by atoms with Crippen LogP contribution in [0.15, 0.2) is 18.2 Å². The van der Waals surface area contributed by atoms with Crippen LogP contribution in [0.25, 0.3) is 0 Å². The minimum Gasteiger partial charge on any atom is -0.396 e. The summed E-state index contributed by atoms with van der Waals surface area (Å²) in [4.78, 5) is 4.87. The highest BCUT2D eigenvalue weighted by Gasteiger charge is 2.27. The second-order valence-corrected chi connectivity index (χ2v) is 5.19. The largest absolute Gasteiger partial charge is 0.396 e. The molecule has 18 heavy (non-hydrogen) atoms. The lowest BCUT2D eigenvalue weighted by Gasteiger charge is -2.27. The van der Waals surface area contributed by atoms with E-state index in [4.69, 9.17) is 17.3 Å². The van der Waals surface area contributed by atoms with Gasteiger partial charge >= 0.3 is 0 Å². The smallest absolute Gasteiger partial charge is 0.0741 e. The fraction of sp³-hybridized carbons (Fsp3) is 0.571. The molecule has 2 N–H and O–H groups in total.